The van der Waals surface area contributed by atoms with Crippen LogP contribution in [0.2, 0.25) is 0 Å². The fourth-order valence-electron chi connectivity index (χ4n) is 2.25. The average molecular weight is 322 g/mol. The van der Waals surface area contributed by atoms with Crippen molar-refractivity contribution >= 4 is 16.7 Å². The van der Waals surface area contributed by atoms with Crippen molar-refractivity contribution in [1.82, 2.24) is 9.97 Å². The Morgan fingerprint density at radius 1 is 1.04 bits per heavy atom. The summed E-state index contributed by atoms with van der Waals surface area (Å²) < 4.78 is 16.5. The van der Waals surface area contributed by atoms with Gasteiger partial charge in [-0.1, -0.05) is 0 Å². The first kappa shape index (κ1) is 15.4. The molecule has 0 saturated carbocycles. The van der Waals surface area contributed by atoms with Crippen LogP contribution in [0, 0.1) is 11.3 Å². The highest BCUT2D eigenvalue weighted by Gasteiger charge is 2.15. The van der Waals surface area contributed by atoms with E-state index in [1.165, 1.54) is 19.5 Å². The molecule has 0 bridgehead atoms. The molecular formula is C17H14N4O3. The summed E-state index contributed by atoms with van der Waals surface area (Å²) in [4.78, 5) is 8.26. The van der Waals surface area contributed by atoms with Gasteiger partial charge in [0.15, 0.2) is 17.2 Å². The lowest BCUT2D eigenvalue weighted by atomic mass is 10.1. The zero-order valence-corrected chi connectivity index (χ0v) is 13.1. The molecule has 2 aromatic heterocycles. The number of aromatic nitrogens is 2. The first-order valence-electron chi connectivity index (χ1n) is 7.00. The molecule has 3 aromatic rings. The molecule has 0 amide bonds. The Hall–Kier alpha value is -3.53. The third-order valence-electron chi connectivity index (χ3n) is 3.42. The Labute approximate surface area is 138 Å². The molecule has 24 heavy (non-hydrogen) atoms. The predicted molar refractivity (Wildman–Crippen MR) is 88.3 cm³/mol. The van der Waals surface area contributed by atoms with E-state index in [2.05, 4.69) is 16.0 Å². The number of nitrogens with zero attached hydrogens (tertiary/aromatic N) is 3. The Morgan fingerprint density at radius 2 is 1.79 bits per heavy atom. The van der Waals surface area contributed by atoms with E-state index >= 15 is 0 Å². The summed E-state index contributed by atoms with van der Waals surface area (Å²) in [5, 5.41) is 9.99. The Balaban J connectivity index is 2.19. The van der Waals surface area contributed by atoms with Gasteiger partial charge in [-0.3, -0.25) is 4.98 Å². The summed E-state index contributed by atoms with van der Waals surface area (Å²) in [6.45, 7) is 0. The van der Waals surface area contributed by atoms with Gasteiger partial charge in [0.25, 0.3) is 0 Å². The number of pyridine rings is 2. The van der Waals surface area contributed by atoms with E-state index in [1.807, 2.05) is 0 Å². The molecule has 2 heterocycles. The third kappa shape index (κ3) is 2.73. The number of hydrogen-bond acceptors (Lipinski definition) is 7. The van der Waals surface area contributed by atoms with Crippen molar-refractivity contribution in [2.75, 3.05) is 20.0 Å². The summed E-state index contributed by atoms with van der Waals surface area (Å²) in [5.41, 5.74) is 6.49. The molecule has 0 spiro atoms. The van der Waals surface area contributed by atoms with Crippen molar-refractivity contribution in [3.63, 3.8) is 0 Å². The molecule has 2 N–H and O–H groups in total. The largest absolute Gasteiger partial charge is 0.493 e. The zero-order valence-electron chi connectivity index (χ0n) is 13.1. The van der Waals surface area contributed by atoms with Gasteiger partial charge in [-0.15, -0.1) is 0 Å². The molecule has 3 rings (SSSR count). The van der Waals surface area contributed by atoms with Crippen LogP contribution in [-0.2, 0) is 0 Å². The van der Waals surface area contributed by atoms with Crippen molar-refractivity contribution in [2.45, 2.75) is 0 Å². The van der Waals surface area contributed by atoms with E-state index in [1.54, 1.807) is 31.4 Å². The van der Waals surface area contributed by atoms with Gasteiger partial charge in [-0.05, 0) is 18.2 Å². The SMILES string of the molecule is COc1cc2ncc(C#N)c(Oc3ccc(N)nc3)c2cc1OC. The van der Waals surface area contributed by atoms with Gasteiger partial charge in [-0.25, -0.2) is 4.98 Å². The zero-order chi connectivity index (χ0) is 17.1. The summed E-state index contributed by atoms with van der Waals surface area (Å²) in [6.07, 6.45) is 2.94. The van der Waals surface area contributed by atoms with E-state index in [-0.39, 0.29) is 0 Å². The first-order chi connectivity index (χ1) is 11.7. The average Bonchev–Trinajstić information content (AvgIpc) is 2.62. The number of anilines is 1. The molecule has 0 aliphatic rings. The van der Waals surface area contributed by atoms with Crippen LogP contribution in [0.5, 0.6) is 23.0 Å². The number of ether oxygens (including phenoxy) is 3. The molecule has 0 unspecified atom stereocenters. The molecule has 0 atom stereocenters. The molecular weight excluding hydrogens is 308 g/mol. The predicted octanol–water partition coefficient (Wildman–Crippen LogP) is 2.89. The van der Waals surface area contributed by atoms with Crippen LogP contribution in [0.1, 0.15) is 5.56 Å². The van der Waals surface area contributed by atoms with Crippen molar-refractivity contribution < 1.29 is 14.2 Å². The summed E-state index contributed by atoms with van der Waals surface area (Å²) in [6, 6.07) is 8.83. The monoisotopic (exact) mass is 322 g/mol. The standard InChI is InChI=1S/C17H14N4O3/c1-22-14-5-12-13(6-15(14)23-2)20-8-10(7-18)17(12)24-11-3-4-16(19)21-9-11/h3-6,8-9H,1-2H3,(H2,19,21). The highest BCUT2D eigenvalue weighted by atomic mass is 16.5. The number of methoxy groups -OCH3 is 2. The minimum atomic E-state index is 0.298. The molecule has 0 radical (unpaired) electrons. The van der Waals surface area contributed by atoms with Crippen molar-refractivity contribution in [1.29, 1.82) is 5.26 Å². The van der Waals surface area contributed by atoms with E-state index < -0.39 is 0 Å². The Morgan fingerprint density at radius 3 is 2.42 bits per heavy atom. The quantitative estimate of drug-likeness (QED) is 0.787. The topological polar surface area (TPSA) is 103 Å². The van der Waals surface area contributed by atoms with E-state index in [0.29, 0.717) is 45.3 Å². The van der Waals surface area contributed by atoms with E-state index in [0.717, 1.165) is 0 Å². The van der Waals surface area contributed by atoms with Crippen LogP contribution in [-0.4, -0.2) is 24.2 Å². The molecule has 0 saturated heterocycles. The Kier molecular flexibility index (Phi) is 4.03. The number of rotatable bonds is 4. The van der Waals surface area contributed by atoms with Crippen LogP contribution in [0.15, 0.2) is 36.7 Å². The highest BCUT2D eigenvalue weighted by Crippen LogP contribution is 2.38. The van der Waals surface area contributed by atoms with Crippen LogP contribution in [0.3, 0.4) is 0 Å². The van der Waals surface area contributed by atoms with Crippen LogP contribution in [0.25, 0.3) is 10.9 Å². The molecule has 0 aliphatic heterocycles. The summed E-state index contributed by atoms with van der Waals surface area (Å²) in [5.74, 6) is 2.27. The second-order valence-electron chi connectivity index (χ2n) is 4.86. The second kappa shape index (κ2) is 6.30. The first-order valence-corrected chi connectivity index (χ1v) is 7.00. The van der Waals surface area contributed by atoms with Gasteiger partial charge in [0.2, 0.25) is 0 Å². The molecule has 120 valence electrons. The Bertz CT molecular complexity index is 933. The lowest BCUT2D eigenvalue weighted by Gasteiger charge is -2.13. The normalized spacial score (nSPS) is 10.2. The number of nitriles is 1. The number of benzene rings is 1. The number of hydrogen-bond donors (Lipinski definition) is 1. The maximum absolute atomic E-state index is 9.37. The van der Waals surface area contributed by atoms with Gasteiger partial charge in [0.1, 0.15) is 23.2 Å². The lowest BCUT2D eigenvalue weighted by molar-refractivity contribution is 0.355. The van der Waals surface area contributed by atoms with Crippen molar-refractivity contribution in [2.24, 2.45) is 0 Å². The molecule has 1 aromatic carbocycles. The fraction of sp³-hybridized carbons (Fsp3) is 0.118. The molecule has 7 heteroatoms. The number of nitrogen functional groups attached to an aromatic ring is 1. The maximum atomic E-state index is 9.37. The summed E-state index contributed by atoms with van der Waals surface area (Å²) >= 11 is 0. The van der Waals surface area contributed by atoms with Gasteiger partial charge < -0.3 is 19.9 Å². The smallest absolute Gasteiger partial charge is 0.162 e. The maximum Gasteiger partial charge on any atom is 0.162 e. The van der Waals surface area contributed by atoms with Gasteiger partial charge in [0.05, 0.1) is 25.9 Å². The molecule has 0 aliphatic carbocycles. The lowest BCUT2D eigenvalue weighted by Crippen LogP contribution is -1.96. The van der Waals surface area contributed by atoms with Gasteiger partial charge in [-0.2, -0.15) is 5.26 Å². The van der Waals surface area contributed by atoms with Crippen LogP contribution in [0.4, 0.5) is 5.82 Å². The van der Waals surface area contributed by atoms with Gasteiger partial charge >= 0.3 is 0 Å². The fourth-order valence-corrected chi connectivity index (χ4v) is 2.25. The van der Waals surface area contributed by atoms with Crippen LogP contribution >= 0.6 is 0 Å². The number of fused-ring (bicyclic) bond motifs is 1. The molecule has 0 fully saturated rings. The minimum Gasteiger partial charge on any atom is -0.493 e. The highest BCUT2D eigenvalue weighted by molar-refractivity contribution is 5.90. The van der Waals surface area contributed by atoms with Gasteiger partial charge in [0, 0.05) is 17.6 Å². The third-order valence-corrected chi connectivity index (χ3v) is 3.42. The van der Waals surface area contributed by atoms with E-state index in [4.69, 9.17) is 19.9 Å². The number of nitrogens with two attached hydrogens (primary N) is 1. The van der Waals surface area contributed by atoms with Crippen molar-refractivity contribution in [3.05, 3.63) is 42.2 Å². The second-order valence-corrected chi connectivity index (χ2v) is 4.86. The summed E-state index contributed by atoms with van der Waals surface area (Å²) in [7, 11) is 3.08. The van der Waals surface area contributed by atoms with E-state index in [9.17, 15) is 5.26 Å². The minimum absolute atomic E-state index is 0.298. The molecule has 7 nitrogen and oxygen atoms in total. The van der Waals surface area contributed by atoms with Crippen LogP contribution < -0.4 is 19.9 Å². The van der Waals surface area contributed by atoms with Crippen molar-refractivity contribution in [3.8, 4) is 29.1 Å².